The van der Waals surface area contributed by atoms with Crippen LogP contribution in [0.1, 0.15) is 24.0 Å². The lowest BCUT2D eigenvalue weighted by molar-refractivity contribution is 0.176. The summed E-state index contributed by atoms with van der Waals surface area (Å²) in [6.07, 6.45) is 3.12. The molecule has 0 unspecified atom stereocenters. The van der Waals surface area contributed by atoms with Crippen LogP contribution >= 0.6 is 34.8 Å². The average molecular weight is 437 g/mol. The largest absolute Gasteiger partial charge is 0.332 e. The lowest BCUT2D eigenvalue weighted by Gasteiger charge is -2.48. The summed E-state index contributed by atoms with van der Waals surface area (Å²) in [6, 6.07) is 11.9. The molecule has 2 aromatic carbocycles. The van der Waals surface area contributed by atoms with Gasteiger partial charge in [0, 0.05) is 23.2 Å². The molecule has 4 rings (SSSR count). The van der Waals surface area contributed by atoms with Gasteiger partial charge in [-0.2, -0.15) is 0 Å². The van der Waals surface area contributed by atoms with Crippen molar-refractivity contribution < 1.29 is 0 Å². The van der Waals surface area contributed by atoms with Gasteiger partial charge in [0.25, 0.3) is 0 Å². The molecule has 0 radical (unpaired) electrons. The maximum atomic E-state index is 6.33. The summed E-state index contributed by atoms with van der Waals surface area (Å²) in [5.74, 6) is 1.14. The minimum atomic E-state index is 0.0317. The molecule has 2 aliphatic rings. The number of hydrogen-bond acceptors (Lipinski definition) is 2. The van der Waals surface area contributed by atoms with Crippen LogP contribution in [0.3, 0.4) is 0 Å². The number of halogens is 3. The fraction of sp³-hybridized carbons (Fsp3) is 0.409. The zero-order valence-corrected chi connectivity index (χ0v) is 18.5. The molecule has 0 atom stereocenters. The molecule has 0 amide bonds. The van der Waals surface area contributed by atoms with E-state index in [0.29, 0.717) is 16.6 Å². The number of aliphatic imine (C=N–C) groups is 1. The molecule has 1 saturated heterocycles. The van der Waals surface area contributed by atoms with E-state index in [1.165, 1.54) is 5.56 Å². The number of piperidine rings is 1. The van der Waals surface area contributed by atoms with E-state index in [1.807, 2.05) is 30.3 Å². The van der Waals surface area contributed by atoms with Crippen molar-refractivity contribution in [1.29, 1.82) is 0 Å². The van der Waals surface area contributed by atoms with E-state index < -0.39 is 0 Å². The van der Waals surface area contributed by atoms with Crippen molar-refractivity contribution in [3.05, 3.63) is 62.6 Å². The molecule has 0 bridgehead atoms. The number of rotatable bonds is 2. The standard InChI is InChI=1S/C22H24Cl3N3/c1-27-8-6-22(7-9-27)13-16-11-18(24)19(25)12-20(16)28(2)21(22)26-14-15-4-3-5-17(23)10-15/h3-5,10-12H,6-9,13-14H2,1-2H3. The zero-order chi connectivity index (χ0) is 19.9. The number of amidine groups is 1. The third kappa shape index (κ3) is 3.78. The van der Waals surface area contributed by atoms with E-state index in [9.17, 15) is 0 Å². The summed E-state index contributed by atoms with van der Waals surface area (Å²) in [6.45, 7) is 2.76. The second-order valence-electron chi connectivity index (χ2n) is 7.98. The molecule has 3 nitrogen and oxygen atoms in total. The first-order valence-corrected chi connectivity index (χ1v) is 10.7. The summed E-state index contributed by atoms with van der Waals surface area (Å²) >= 11 is 18.8. The van der Waals surface area contributed by atoms with E-state index in [0.717, 1.165) is 54.5 Å². The van der Waals surface area contributed by atoms with Crippen LogP contribution in [-0.4, -0.2) is 37.9 Å². The third-order valence-corrected chi connectivity index (χ3v) is 7.01. The number of nitrogens with zero attached hydrogens (tertiary/aromatic N) is 3. The van der Waals surface area contributed by atoms with Gasteiger partial charge in [-0.15, -0.1) is 0 Å². The first kappa shape index (κ1) is 20.0. The summed E-state index contributed by atoms with van der Waals surface area (Å²) in [7, 11) is 4.28. The Labute approximate surface area is 181 Å². The van der Waals surface area contributed by atoms with Gasteiger partial charge >= 0.3 is 0 Å². The Morgan fingerprint density at radius 2 is 1.71 bits per heavy atom. The fourth-order valence-electron chi connectivity index (χ4n) is 4.47. The normalized spacial score (nSPS) is 20.6. The van der Waals surface area contributed by atoms with Crippen LogP contribution in [0.15, 0.2) is 41.4 Å². The molecule has 1 spiro atoms. The summed E-state index contributed by atoms with van der Waals surface area (Å²) in [5, 5.41) is 1.95. The smallest absolute Gasteiger partial charge is 0.110 e. The maximum Gasteiger partial charge on any atom is 0.110 e. The highest BCUT2D eigenvalue weighted by atomic mass is 35.5. The van der Waals surface area contributed by atoms with Crippen LogP contribution in [0.5, 0.6) is 0 Å². The number of benzene rings is 2. The van der Waals surface area contributed by atoms with Gasteiger partial charge in [-0.3, -0.25) is 4.99 Å². The van der Waals surface area contributed by atoms with Crippen molar-refractivity contribution in [3.63, 3.8) is 0 Å². The van der Waals surface area contributed by atoms with Gasteiger partial charge in [-0.25, -0.2) is 0 Å². The Morgan fingerprint density at radius 3 is 2.43 bits per heavy atom. The van der Waals surface area contributed by atoms with Crippen LogP contribution in [0.25, 0.3) is 0 Å². The van der Waals surface area contributed by atoms with E-state index in [-0.39, 0.29) is 5.41 Å². The summed E-state index contributed by atoms with van der Waals surface area (Å²) < 4.78 is 0. The first-order chi connectivity index (χ1) is 13.4. The molecular weight excluding hydrogens is 413 g/mol. The van der Waals surface area contributed by atoms with Crippen LogP contribution < -0.4 is 4.90 Å². The van der Waals surface area contributed by atoms with Crippen molar-refractivity contribution in [2.45, 2.75) is 25.8 Å². The van der Waals surface area contributed by atoms with Gasteiger partial charge in [-0.1, -0.05) is 46.9 Å². The SMILES string of the molecule is CN1CCC2(CC1)Cc1cc(Cl)c(Cl)cc1N(C)C2=NCc1cccc(Cl)c1. The van der Waals surface area contributed by atoms with Gasteiger partial charge in [0.15, 0.2) is 0 Å². The maximum absolute atomic E-state index is 6.33. The molecule has 2 aliphatic heterocycles. The topological polar surface area (TPSA) is 18.8 Å². The zero-order valence-electron chi connectivity index (χ0n) is 16.2. The van der Waals surface area contributed by atoms with Crippen molar-refractivity contribution in [3.8, 4) is 0 Å². The molecule has 6 heteroatoms. The molecule has 0 saturated carbocycles. The lowest BCUT2D eigenvalue weighted by atomic mass is 9.70. The lowest BCUT2D eigenvalue weighted by Crippen LogP contribution is -2.52. The van der Waals surface area contributed by atoms with Crippen LogP contribution in [0.2, 0.25) is 15.1 Å². The Kier molecular flexibility index (Phi) is 5.63. The second kappa shape index (κ2) is 7.87. The van der Waals surface area contributed by atoms with E-state index in [4.69, 9.17) is 39.8 Å². The quantitative estimate of drug-likeness (QED) is 0.579. The molecule has 2 aromatic rings. The third-order valence-electron chi connectivity index (χ3n) is 6.05. The predicted octanol–water partition coefficient (Wildman–Crippen LogP) is 5.95. The Bertz CT molecular complexity index is 917. The summed E-state index contributed by atoms with van der Waals surface area (Å²) in [4.78, 5) is 9.73. The molecule has 0 aliphatic carbocycles. The number of hydrogen-bond donors (Lipinski definition) is 0. The van der Waals surface area contributed by atoms with Crippen molar-refractivity contribution in [1.82, 2.24) is 4.90 Å². The summed E-state index contributed by atoms with van der Waals surface area (Å²) in [5.41, 5.74) is 3.51. The molecule has 28 heavy (non-hydrogen) atoms. The van der Waals surface area contributed by atoms with Crippen LogP contribution in [-0.2, 0) is 13.0 Å². The van der Waals surface area contributed by atoms with E-state index in [2.05, 4.69) is 30.0 Å². The average Bonchev–Trinajstić information content (AvgIpc) is 2.66. The number of likely N-dealkylation sites (tertiary alicyclic amines) is 1. The fourth-order valence-corrected chi connectivity index (χ4v) is 5.02. The highest BCUT2D eigenvalue weighted by molar-refractivity contribution is 6.42. The Balaban J connectivity index is 1.75. The Morgan fingerprint density at radius 1 is 1.00 bits per heavy atom. The minimum absolute atomic E-state index is 0.0317. The van der Waals surface area contributed by atoms with Gasteiger partial charge < -0.3 is 9.80 Å². The second-order valence-corrected chi connectivity index (χ2v) is 9.24. The first-order valence-electron chi connectivity index (χ1n) is 9.57. The predicted molar refractivity (Wildman–Crippen MR) is 120 cm³/mol. The molecule has 0 N–H and O–H groups in total. The highest BCUT2D eigenvalue weighted by Gasteiger charge is 2.44. The number of fused-ring (bicyclic) bond motifs is 1. The van der Waals surface area contributed by atoms with E-state index >= 15 is 0 Å². The van der Waals surface area contributed by atoms with Crippen molar-refractivity contribution in [2.24, 2.45) is 10.4 Å². The van der Waals surface area contributed by atoms with Crippen molar-refractivity contribution >= 4 is 46.3 Å². The minimum Gasteiger partial charge on any atom is -0.332 e. The molecule has 0 aromatic heterocycles. The van der Waals surface area contributed by atoms with Gasteiger partial charge in [0.1, 0.15) is 5.84 Å². The van der Waals surface area contributed by atoms with Crippen molar-refractivity contribution in [2.75, 3.05) is 32.1 Å². The van der Waals surface area contributed by atoms with Crippen LogP contribution in [0.4, 0.5) is 5.69 Å². The van der Waals surface area contributed by atoms with Gasteiger partial charge in [0.2, 0.25) is 0 Å². The van der Waals surface area contributed by atoms with Gasteiger partial charge in [0.05, 0.1) is 16.6 Å². The van der Waals surface area contributed by atoms with Crippen LogP contribution in [0, 0.1) is 5.41 Å². The molecular formula is C22H24Cl3N3. The Hall–Kier alpha value is -1.26. The monoisotopic (exact) mass is 435 g/mol. The van der Waals surface area contributed by atoms with Gasteiger partial charge in [-0.05, 0) is 74.8 Å². The van der Waals surface area contributed by atoms with E-state index in [1.54, 1.807) is 0 Å². The number of anilines is 1. The molecule has 148 valence electrons. The molecule has 1 fully saturated rings. The molecule has 2 heterocycles. The highest BCUT2D eigenvalue weighted by Crippen LogP contribution is 2.46.